The minimum absolute atomic E-state index is 0.00745. The molecule has 1 fully saturated rings. The monoisotopic (exact) mass is 405 g/mol. The molecule has 2 aliphatic heterocycles. The molecule has 0 aromatic heterocycles. The van der Waals surface area contributed by atoms with Gasteiger partial charge < -0.3 is 15.1 Å². The minimum atomic E-state index is -0.604. The molecular formula is C24H27N3O3. The van der Waals surface area contributed by atoms with Gasteiger partial charge in [-0.05, 0) is 43.9 Å². The van der Waals surface area contributed by atoms with E-state index >= 15 is 0 Å². The van der Waals surface area contributed by atoms with Crippen molar-refractivity contribution in [3.8, 4) is 0 Å². The summed E-state index contributed by atoms with van der Waals surface area (Å²) in [6.07, 6.45) is 2.03. The van der Waals surface area contributed by atoms with Crippen molar-refractivity contribution in [1.29, 1.82) is 0 Å². The average Bonchev–Trinajstić information content (AvgIpc) is 3.16. The Morgan fingerprint density at radius 1 is 1.13 bits per heavy atom. The smallest absolute Gasteiger partial charge is 0.269 e. The molecule has 1 spiro atoms. The first-order valence-electron chi connectivity index (χ1n) is 10.4. The molecule has 2 aromatic carbocycles. The van der Waals surface area contributed by atoms with E-state index in [0.29, 0.717) is 37.3 Å². The number of hydrogen-bond donors (Lipinski definition) is 1. The normalized spacial score (nSPS) is 20.6. The van der Waals surface area contributed by atoms with Gasteiger partial charge in [0.05, 0.1) is 6.54 Å². The van der Waals surface area contributed by atoms with Crippen molar-refractivity contribution in [1.82, 2.24) is 10.2 Å². The maximum Gasteiger partial charge on any atom is 0.269 e. The lowest BCUT2D eigenvalue weighted by Gasteiger charge is -2.38. The fourth-order valence-corrected chi connectivity index (χ4v) is 4.11. The van der Waals surface area contributed by atoms with E-state index in [0.717, 1.165) is 24.0 Å². The molecular weight excluding hydrogens is 378 g/mol. The molecule has 2 heterocycles. The van der Waals surface area contributed by atoms with E-state index < -0.39 is 5.60 Å². The topological polar surface area (TPSA) is 71.0 Å². The lowest BCUT2D eigenvalue weighted by Crippen LogP contribution is -2.51. The highest BCUT2D eigenvalue weighted by molar-refractivity contribution is 6.39. The number of nitrogens with one attached hydrogen (secondary N) is 1. The summed E-state index contributed by atoms with van der Waals surface area (Å²) in [5.41, 5.74) is 3.69. The maximum atomic E-state index is 13.0. The molecule has 6 nitrogen and oxygen atoms in total. The van der Waals surface area contributed by atoms with Gasteiger partial charge >= 0.3 is 0 Å². The zero-order valence-electron chi connectivity index (χ0n) is 17.5. The number of carbonyl (C=O) groups is 2. The fraction of sp³-hybridized carbons (Fsp3) is 0.375. The third-order valence-electron chi connectivity index (χ3n) is 5.88. The van der Waals surface area contributed by atoms with Crippen LogP contribution in [0.5, 0.6) is 0 Å². The highest BCUT2D eigenvalue weighted by atomic mass is 16.7. The second-order valence-corrected chi connectivity index (χ2v) is 8.30. The molecule has 1 saturated heterocycles. The predicted octanol–water partition coefficient (Wildman–Crippen LogP) is 3.37. The van der Waals surface area contributed by atoms with Crippen molar-refractivity contribution in [2.24, 2.45) is 5.16 Å². The minimum Gasteiger partial charge on any atom is -0.386 e. The Hall–Kier alpha value is -3.15. The van der Waals surface area contributed by atoms with E-state index in [9.17, 15) is 9.59 Å². The molecule has 0 radical (unpaired) electrons. The van der Waals surface area contributed by atoms with Crippen molar-refractivity contribution >= 4 is 17.5 Å². The predicted molar refractivity (Wildman–Crippen MR) is 115 cm³/mol. The van der Waals surface area contributed by atoms with Crippen molar-refractivity contribution in [3.05, 3.63) is 70.8 Å². The van der Waals surface area contributed by atoms with Crippen molar-refractivity contribution in [2.45, 2.75) is 45.3 Å². The first-order valence-corrected chi connectivity index (χ1v) is 10.4. The van der Waals surface area contributed by atoms with Crippen LogP contribution in [0, 0.1) is 13.8 Å². The number of benzene rings is 2. The molecule has 30 heavy (non-hydrogen) atoms. The molecule has 4 rings (SSSR count). The summed E-state index contributed by atoms with van der Waals surface area (Å²) < 4.78 is 0. The van der Waals surface area contributed by atoms with Gasteiger partial charge in [-0.15, -0.1) is 0 Å². The number of rotatable bonds is 4. The van der Waals surface area contributed by atoms with Crippen molar-refractivity contribution < 1.29 is 14.4 Å². The Morgan fingerprint density at radius 3 is 2.67 bits per heavy atom. The molecule has 0 saturated carbocycles. The van der Waals surface area contributed by atoms with Gasteiger partial charge in [-0.2, -0.15) is 0 Å². The zero-order valence-corrected chi connectivity index (χ0v) is 17.5. The van der Waals surface area contributed by atoms with Crippen molar-refractivity contribution in [2.75, 3.05) is 13.1 Å². The molecule has 2 amide bonds. The third kappa shape index (κ3) is 4.22. The van der Waals surface area contributed by atoms with Crippen LogP contribution < -0.4 is 5.32 Å². The number of carbonyl (C=O) groups excluding carboxylic acids is 2. The number of likely N-dealkylation sites (tertiary alicyclic amines) is 1. The molecule has 2 aliphatic rings. The summed E-state index contributed by atoms with van der Waals surface area (Å²) in [7, 11) is 0. The summed E-state index contributed by atoms with van der Waals surface area (Å²) >= 11 is 0. The Kier molecular flexibility index (Phi) is 5.57. The zero-order chi connectivity index (χ0) is 21.1. The van der Waals surface area contributed by atoms with Crippen LogP contribution in [-0.2, 0) is 16.2 Å². The second kappa shape index (κ2) is 8.30. The van der Waals surface area contributed by atoms with Gasteiger partial charge in [-0.1, -0.05) is 53.2 Å². The Balaban J connectivity index is 1.37. The number of piperidine rings is 1. The van der Waals surface area contributed by atoms with Gasteiger partial charge in [-0.25, -0.2) is 0 Å². The fourth-order valence-electron chi connectivity index (χ4n) is 4.11. The molecule has 1 atom stereocenters. The molecule has 1 N–H and O–H groups in total. The van der Waals surface area contributed by atoms with Crippen LogP contribution in [0.4, 0.5) is 0 Å². The Bertz CT molecular complexity index is 983. The lowest BCUT2D eigenvalue weighted by molar-refractivity contribution is -0.115. The summed E-state index contributed by atoms with van der Waals surface area (Å²) in [5.74, 6) is -0.206. The van der Waals surface area contributed by atoms with Crippen LogP contribution in [0.2, 0.25) is 0 Å². The quantitative estimate of drug-likeness (QED) is 0.848. The van der Waals surface area contributed by atoms with Crippen LogP contribution in [0.3, 0.4) is 0 Å². The first-order chi connectivity index (χ1) is 14.5. The molecule has 6 heteroatoms. The van der Waals surface area contributed by atoms with Crippen LogP contribution in [0.25, 0.3) is 0 Å². The number of oxime groups is 1. The van der Waals surface area contributed by atoms with E-state index in [1.807, 2.05) is 67.3 Å². The summed E-state index contributed by atoms with van der Waals surface area (Å²) in [5, 5.41) is 7.01. The van der Waals surface area contributed by atoms with Crippen LogP contribution in [0.1, 0.15) is 46.3 Å². The van der Waals surface area contributed by atoms with Gasteiger partial charge in [0.2, 0.25) is 0 Å². The second-order valence-electron chi connectivity index (χ2n) is 8.30. The molecule has 156 valence electrons. The SMILES string of the molecule is Cc1ccc(CNC(=O)C2=NO[C@]3(CCCN(C(=O)c4ccccc4C)C3)C2)cc1. The number of amides is 2. The molecule has 0 aliphatic carbocycles. The number of hydrogen-bond acceptors (Lipinski definition) is 4. The standard InChI is InChI=1S/C24H27N3O3/c1-17-8-10-19(11-9-17)15-25-22(28)21-14-24(30-26-21)12-5-13-27(16-24)23(29)20-7-4-3-6-18(20)2/h3-4,6-11H,5,12-16H2,1-2H3,(H,25,28)/t24-/m1/s1. The van der Waals surface area contributed by atoms with Crippen LogP contribution in [-0.4, -0.2) is 41.1 Å². The van der Waals surface area contributed by atoms with Crippen LogP contribution >= 0.6 is 0 Å². The summed E-state index contributed by atoms with van der Waals surface area (Å²) in [6.45, 7) is 5.55. The van der Waals surface area contributed by atoms with Gasteiger partial charge in [0, 0.05) is 25.1 Å². The van der Waals surface area contributed by atoms with Gasteiger partial charge in [0.15, 0.2) is 5.60 Å². The highest BCUT2D eigenvalue weighted by Crippen LogP contribution is 2.34. The largest absolute Gasteiger partial charge is 0.386 e. The number of aryl methyl sites for hydroxylation is 2. The van der Waals surface area contributed by atoms with Crippen LogP contribution in [0.15, 0.2) is 53.7 Å². The van der Waals surface area contributed by atoms with Gasteiger partial charge in [0.25, 0.3) is 11.8 Å². The Morgan fingerprint density at radius 2 is 1.90 bits per heavy atom. The van der Waals surface area contributed by atoms with Gasteiger partial charge in [-0.3, -0.25) is 9.59 Å². The molecule has 0 unspecified atom stereocenters. The van der Waals surface area contributed by atoms with E-state index in [1.165, 1.54) is 5.56 Å². The lowest BCUT2D eigenvalue weighted by atomic mass is 9.87. The van der Waals surface area contributed by atoms with E-state index in [-0.39, 0.29) is 11.8 Å². The Labute approximate surface area is 176 Å². The summed E-state index contributed by atoms with van der Waals surface area (Å²) in [6, 6.07) is 15.7. The maximum absolute atomic E-state index is 13.0. The number of nitrogens with zero attached hydrogens (tertiary/aromatic N) is 2. The molecule has 2 aromatic rings. The van der Waals surface area contributed by atoms with E-state index in [2.05, 4.69) is 10.5 Å². The van der Waals surface area contributed by atoms with E-state index in [1.54, 1.807) is 0 Å². The van der Waals surface area contributed by atoms with E-state index in [4.69, 9.17) is 4.84 Å². The molecule has 0 bridgehead atoms. The van der Waals surface area contributed by atoms with Gasteiger partial charge in [0.1, 0.15) is 5.71 Å². The first kappa shape index (κ1) is 20.1. The summed E-state index contributed by atoms with van der Waals surface area (Å²) in [4.78, 5) is 33.2. The third-order valence-corrected chi connectivity index (χ3v) is 5.88. The average molecular weight is 405 g/mol. The highest BCUT2D eigenvalue weighted by Gasteiger charge is 2.45. The van der Waals surface area contributed by atoms with Crippen molar-refractivity contribution in [3.63, 3.8) is 0 Å².